The topological polar surface area (TPSA) is 91.8 Å². The molecule has 0 aliphatic carbocycles. The number of piperazine rings is 1. The van der Waals surface area contributed by atoms with Crippen LogP contribution in [0, 0.1) is 6.92 Å². The van der Waals surface area contributed by atoms with Crippen LogP contribution in [0.2, 0.25) is 0 Å². The van der Waals surface area contributed by atoms with E-state index in [0.29, 0.717) is 41.6 Å². The van der Waals surface area contributed by atoms with Gasteiger partial charge >= 0.3 is 0 Å². The predicted molar refractivity (Wildman–Crippen MR) is 144 cm³/mol. The van der Waals surface area contributed by atoms with Crippen molar-refractivity contribution in [1.82, 2.24) is 14.8 Å². The molecule has 3 aromatic rings. The van der Waals surface area contributed by atoms with Crippen LogP contribution >= 0.6 is 34.4 Å². The molecule has 0 radical (unpaired) electrons. The fraction of sp³-hybridized carbons (Fsp3) is 0.280. The Morgan fingerprint density at radius 3 is 2.78 bits per heavy atom. The second-order valence-corrected chi connectivity index (χ2v) is 11.4. The number of ether oxygens (including phenoxy) is 1. The Balaban J connectivity index is 1.51. The zero-order valence-electron chi connectivity index (χ0n) is 20.1. The Morgan fingerprint density at radius 1 is 1.31 bits per heavy atom. The molecule has 36 heavy (non-hydrogen) atoms. The molecule has 1 aliphatic heterocycles. The number of amides is 3. The number of nitrogens with one attached hydrogen (secondary N) is 1. The molecule has 1 aromatic carbocycles. The summed E-state index contributed by atoms with van der Waals surface area (Å²) in [6, 6.07) is 5.32. The molecule has 0 bridgehead atoms. The number of benzene rings is 1. The zero-order valence-corrected chi connectivity index (χ0v) is 22.6. The van der Waals surface area contributed by atoms with Crippen molar-refractivity contribution in [3.8, 4) is 5.75 Å². The Hall–Kier alpha value is -3.15. The van der Waals surface area contributed by atoms with Crippen molar-refractivity contribution in [2.75, 3.05) is 32.1 Å². The van der Waals surface area contributed by atoms with Gasteiger partial charge in [-0.05, 0) is 49.1 Å². The Bertz CT molecular complexity index is 1290. The third-order valence-electron chi connectivity index (χ3n) is 5.80. The molecule has 2 aromatic heterocycles. The van der Waals surface area contributed by atoms with Crippen molar-refractivity contribution in [2.45, 2.75) is 29.0 Å². The van der Waals surface area contributed by atoms with Gasteiger partial charge in [-0.2, -0.15) is 11.3 Å². The highest BCUT2D eigenvalue weighted by molar-refractivity contribution is 8.01. The van der Waals surface area contributed by atoms with Gasteiger partial charge in [-0.15, -0.1) is 0 Å². The van der Waals surface area contributed by atoms with Gasteiger partial charge in [0, 0.05) is 36.0 Å². The molecule has 0 saturated carbocycles. The van der Waals surface area contributed by atoms with E-state index < -0.39 is 0 Å². The number of methoxy groups -OCH3 is 1. The van der Waals surface area contributed by atoms with Crippen LogP contribution in [0.1, 0.15) is 33.2 Å². The molecule has 3 amide bonds. The minimum atomic E-state index is -0.195. The molecule has 1 aliphatic rings. The molecular weight excluding hydrogens is 517 g/mol. The summed E-state index contributed by atoms with van der Waals surface area (Å²) in [5.41, 5.74) is 2.03. The monoisotopic (exact) mass is 542 g/mol. The van der Waals surface area contributed by atoms with E-state index in [1.54, 1.807) is 34.6 Å². The normalized spacial score (nSPS) is 15.5. The zero-order chi connectivity index (χ0) is 25.8. The first kappa shape index (κ1) is 25.9. The number of aryl methyl sites for hydroxylation is 1. The highest BCUT2D eigenvalue weighted by Gasteiger charge is 2.31. The smallest absolute Gasteiger partial charge is 0.258 e. The standard InChI is InChI=1S/C25H26N4O4S3/c1-5-21(30)28-7-8-29(16(3)13-28)24(32)18-11-20(15(2)10-19(18)33-4)35-22-12-26-25(36-22)27-23(31)17-6-9-34-14-17/h5-6,9-12,14,16H,1,7-8,13H2,2-4H3,(H,26,27,31). The molecule has 1 fully saturated rings. The Morgan fingerprint density at radius 2 is 2.11 bits per heavy atom. The maximum absolute atomic E-state index is 13.5. The second kappa shape index (κ2) is 11.3. The maximum Gasteiger partial charge on any atom is 0.258 e. The summed E-state index contributed by atoms with van der Waals surface area (Å²) in [5, 5.41) is 6.97. The summed E-state index contributed by atoms with van der Waals surface area (Å²) in [4.78, 5) is 46.5. The lowest BCUT2D eigenvalue weighted by Gasteiger charge is -2.39. The maximum atomic E-state index is 13.5. The van der Waals surface area contributed by atoms with Gasteiger partial charge in [-0.1, -0.05) is 29.7 Å². The number of carbonyl (C=O) groups excluding carboxylic acids is 3. The number of thiazole rings is 1. The fourth-order valence-corrected chi connectivity index (χ4v) is 6.46. The number of aromatic nitrogens is 1. The lowest BCUT2D eigenvalue weighted by molar-refractivity contribution is -0.128. The van der Waals surface area contributed by atoms with Crippen LogP contribution in [0.15, 0.2) is 56.9 Å². The first-order valence-corrected chi connectivity index (χ1v) is 13.8. The van der Waals surface area contributed by atoms with Crippen LogP contribution in [-0.2, 0) is 4.79 Å². The van der Waals surface area contributed by atoms with Crippen molar-refractivity contribution in [3.05, 3.63) is 64.5 Å². The number of hydrogen-bond acceptors (Lipinski definition) is 8. The van der Waals surface area contributed by atoms with Gasteiger partial charge in [-0.25, -0.2) is 4.98 Å². The summed E-state index contributed by atoms with van der Waals surface area (Å²) in [5.74, 6) is 0.0437. The number of carbonyl (C=O) groups is 3. The minimum Gasteiger partial charge on any atom is -0.496 e. The molecule has 0 spiro atoms. The number of anilines is 1. The molecule has 1 unspecified atom stereocenters. The van der Waals surface area contributed by atoms with Gasteiger partial charge in [0.2, 0.25) is 5.91 Å². The Labute approximate surface area is 222 Å². The number of thiophene rings is 1. The average molecular weight is 543 g/mol. The third kappa shape index (κ3) is 5.63. The van der Waals surface area contributed by atoms with E-state index in [4.69, 9.17) is 4.74 Å². The van der Waals surface area contributed by atoms with Crippen LogP contribution < -0.4 is 10.1 Å². The van der Waals surface area contributed by atoms with Crippen LogP contribution in [0.4, 0.5) is 5.13 Å². The van der Waals surface area contributed by atoms with Gasteiger partial charge in [-0.3, -0.25) is 19.7 Å². The van der Waals surface area contributed by atoms with E-state index in [2.05, 4.69) is 16.9 Å². The summed E-state index contributed by atoms with van der Waals surface area (Å²) in [7, 11) is 1.55. The van der Waals surface area contributed by atoms with Gasteiger partial charge in [0.15, 0.2) is 5.13 Å². The van der Waals surface area contributed by atoms with Crippen LogP contribution in [0.3, 0.4) is 0 Å². The molecule has 1 saturated heterocycles. The predicted octanol–water partition coefficient (Wildman–Crippen LogP) is 4.78. The molecule has 3 heterocycles. The number of hydrogen-bond donors (Lipinski definition) is 1. The molecule has 1 N–H and O–H groups in total. The summed E-state index contributed by atoms with van der Waals surface area (Å²) in [6.45, 7) is 8.78. The van der Waals surface area contributed by atoms with Gasteiger partial charge < -0.3 is 14.5 Å². The quantitative estimate of drug-likeness (QED) is 0.432. The second-order valence-electron chi connectivity index (χ2n) is 8.21. The van der Waals surface area contributed by atoms with E-state index in [9.17, 15) is 14.4 Å². The van der Waals surface area contributed by atoms with Crippen molar-refractivity contribution in [2.24, 2.45) is 0 Å². The van der Waals surface area contributed by atoms with E-state index in [0.717, 1.165) is 14.7 Å². The van der Waals surface area contributed by atoms with Crippen molar-refractivity contribution < 1.29 is 19.1 Å². The van der Waals surface area contributed by atoms with Crippen LogP contribution in [-0.4, -0.2) is 65.3 Å². The number of nitrogens with zero attached hydrogens (tertiary/aromatic N) is 3. The van der Waals surface area contributed by atoms with Gasteiger partial charge in [0.25, 0.3) is 11.8 Å². The summed E-state index contributed by atoms with van der Waals surface area (Å²) >= 11 is 4.31. The number of rotatable bonds is 7. The molecular formula is C25H26N4O4S3. The minimum absolute atomic E-state index is 0.129. The molecule has 8 nitrogen and oxygen atoms in total. The molecule has 11 heteroatoms. The molecule has 1 atom stereocenters. The lowest BCUT2D eigenvalue weighted by atomic mass is 10.1. The van der Waals surface area contributed by atoms with Gasteiger partial charge in [0.05, 0.1) is 28.6 Å². The van der Waals surface area contributed by atoms with Crippen molar-refractivity contribution in [1.29, 1.82) is 0 Å². The summed E-state index contributed by atoms with van der Waals surface area (Å²) < 4.78 is 6.43. The summed E-state index contributed by atoms with van der Waals surface area (Å²) in [6.07, 6.45) is 3.01. The lowest BCUT2D eigenvalue weighted by Crippen LogP contribution is -2.55. The van der Waals surface area contributed by atoms with Crippen molar-refractivity contribution in [3.63, 3.8) is 0 Å². The third-order valence-corrected chi connectivity index (χ3v) is 8.66. The average Bonchev–Trinajstić information content (AvgIpc) is 3.56. The highest BCUT2D eigenvalue weighted by Crippen LogP contribution is 2.38. The van der Waals surface area contributed by atoms with E-state index in [1.165, 1.54) is 40.5 Å². The highest BCUT2D eigenvalue weighted by atomic mass is 32.2. The largest absolute Gasteiger partial charge is 0.496 e. The Kier molecular flexibility index (Phi) is 8.12. The fourth-order valence-electron chi connectivity index (χ4n) is 3.89. The molecule has 4 rings (SSSR count). The van der Waals surface area contributed by atoms with Gasteiger partial charge in [0.1, 0.15) is 5.75 Å². The first-order chi connectivity index (χ1) is 17.3. The van der Waals surface area contributed by atoms with E-state index in [1.807, 2.05) is 31.4 Å². The van der Waals surface area contributed by atoms with Crippen molar-refractivity contribution >= 4 is 57.3 Å². The van der Waals surface area contributed by atoms with Crippen LogP contribution in [0.5, 0.6) is 5.75 Å². The SMILES string of the molecule is C=CC(=O)N1CCN(C(=O)c2cc(Sc3cnc(NC(=O)c4ccsc4)s3)c(C)cc2OC)C(C)C1. The van der Waals surface area contributed by atoms with E-state index in [-0.39, 0.29) is 23.8 Å². The van der Waals surface area contributed by atoms with Crippen LogP contribution in [0.25, 0.3) is 0 Å². The van der Waals surface area contributed by atoms with E-state index >= 15 is 0 Å². The first-order valence-electron chi connectivity index (χ1n) is 11.2. The molecule has 188 valence electrons.